The van der Waals surface area contributed by atoms with Crippen molar-refractivity contribution in [2.75, 3.05) is 0 Å². The molecule has 0 heterocycles. The quantitative estimate of drug-likeness (QED) is 0.581. The molecule has 0 spiro atoms. The van der Waals surface area contributed by atoms with Gasteiger partial charge in [-0.2, -0.15) is 9.90 Å². The SMILES string of the molecule is Cc1ccc(-c2ccccc2OC([O])=O)cc1. The summed E-state index contributed by atoms with van der Waals surface area (Å²) in [6.07, 6.45) is -1.55. The van der Waals surface area contributed by atoms with Gasteiger partial charge in [0.1, 0.15) is 5.75 Å². The first-order valence-corrected chi connectivity index (χ1v) is 5.22. The Labute approximate surface area is 99.3 Å². The van der Waals surface area contributed by atoms with E-state index in [1.165, 1.54) is 0 Å². The van der Waals surface area contributed by atoms with Crippen LogP contribution in [0.3, 0.4) is 0 Å². The number of hydrogen-bond acceptors (Lipinski definition) is 2. The molecule has 17 heavy (non-hydrogen) atoms. The normalized spacial score (nSPS) is 9.94. The molecule has 0 fully saturated rings. The van der Waals surface area contributed by atoms with E-state index in [0.29, 0.717) is 0 Å². The maximum Gasteiger partial charge on any atom is 0.555 e. The van der Waals surface area contributed by atoms with Crippen LogP contribution in [0.1, 0.15) is 5.56 Å². The van der Waals surface area contributed by atoms with Gasteiger partial charge in [0.25, 0.3) is 0 Å². The minimum atomic E-state index is -1.55. The fourth-order valence-electron chi connectivity index (χ4n) is 1.62. The van der Waals surface area contributed by atoms with Gasteiger partial charge in [0, 0.05) is 5.56 Å². The highest BCUT2D eigenvalue weighted by Gasteiger charge is 2.09. The fourth-order valence-corrected chi connectivity index (χ4v) is 1.62. The minimum absolute atomic E-state index is 0.288. The average molecular weight is 227 g/mol. The van der Waals surface area contributed by atoms with E-state index in [1.54, 1.807) is 12.1 Å². The molecule has 0 N–H and O–H groups in total. The summed E-state index contributed by atoms with van der Waals surface area (Å²) >= 11 is 0. The van der Waals surface area contributed by atoms with Crippen molar-refractivity contribution in [3.05, 3.63) is 54.1 Å². The van der Waals surface area contributed by atoms with E-state index in [2.05, 4.69) is 4.74 Å². The van der Waals surface area contributed by atoms with Crippen molar-refractivity contribution in [1.29, 1.82) is 0 Å². The summed E-state index contributed by atoms with van der Waals surface area (Å²) in [6.45, 7) is 1.99. The number of aryl methyl sites for hydroxylation is 1. The highest BCUT2D eigenvalue weighted by molar-refractivity contribution is 5.74. The Morgan fingerprint density at radius 1 is 1.00 bits per heavy atom. The lowest BCUT2D eigenvalue weighted by Crippen LogP contribution is -2.02. The molecule has 0 atom stereocenters. The number of ether oxygens (including phenoxy) is 1. The Bertz CT molecular complexity index is 529. The zero-order valence-corrected chi connectivity index (χ0v) is 9.34. The molecule has 2 aromatic rings. The van der Waals surface area contributed by atoms with Crippen LogP contribution >= 0.6 is 0 Å². The minimum Gasteiger partial charge on any atom is -0.392 e. The fraction of sp³-hybridized carbons (Fsp3) is 0.0714. The summed E-state index contributed by atoms with van der Waals surface area (Å²) < 4.78 is 4.64. The summed E-state index contributed by atoms with van der Waals surface area (Å²) in [5.74, 6) is 0.288. The Balaban J connectivity index is 2.44. The Hall–Kier alpha value is -2.29. The topological polar surface area (TPSA) is 46.2 Å². The molecule has 2 aromatic carbocycles. The first-order chi connectivity index (χ1) is 8.16. The molecule has 0 unspecified atom stereocenters. The van der Waals surface area contributed by atoms with E-state index in [0.717, 1.165) is 16.7 Å². The second-order valence-electron chi connectivity index (χ2n) is 3.71. The lowest BCUT2D eigenvalue weighted by Gasteiger charge is -2.07. The molecule has 3 nitrogen and oxygen atoms in total. The zero-order valence-electron chi connectivity index (χ0n) is 9.34. The molecule has 85 valence electrons. The van der Waals surface area contributed by atoms with Gasteiger partial charge in [-0.15, -0.1) is 0 Å². The van der Waals surface area contributed by atoms with Crippen molar-refractivity contribution >= 4 is 6.16 Å². The molecule has 3 heteroatoms. The predicted molar refractivity (Wildman–Crippen MR) is 63.3 cm³/mol. The third kappa shape index (κ3) is 2.64. The molecule has 0 aromatic heterocycles. The van der Waals surface area contributed by atoms with Gasteiger partial charge in [-0.05, 0) is 18.6 Å². The number of benzene rings is 2. The van der Waals surface area contributed by atoms with Gasteiger partial charge in [0.05, 0.1) is 0 Å². The van der Waals surface area contributed by atoms with Crippen LogP contribution in [0.15, 0.2) is 48.5 Å². The van der Waals surface area contributed by atoms with E-state index in [1.807, 2.05) is 43.3 Å². The van der Waals surface area contributed by atoms with Gasteiger partial charge in [-0.3, -0.25) is 0 Å². The maximum absolute atomic E-state index is 10.5. The summed E-state index contributed by atoms with van der Waals surface area (Å²) in [5.41, 5.74) is 2.79. The lowest BCUT2D eigenvalue weighted by atomic mass is 10.0. The van der Waals surface area contributed by atoms with Crippen molar-refractivity contribution in [2.24, 2.45) is 0 Å². The van der Waals surface area contributed by atoms with Crippen LogP contribution in [0.5, 0.6) is 5.75 Å². The molecule has 0 amide bonds. The second-order valence-corrected chi connectivity index (χ2v) is 3.71. The van der Waals surface area contributed by atoms with Crippen molar-refractivity contribution in [3.8, 4) is 16.9 Å². The van der Waals surface area contributed by atoms with E-state index in [-0.39, 0.29) is 5.75 Å². The van der Waals surface area contributed by atoms with E-state index >= 15 is 0 Å². The number of para-hydroxylation sites is 1. The largest absolute Gasteiger partial charge is 0.555 e. The van der Waals surface area contributed by atoms with Crippen molar-refractivity contribution in [1.82, 2.24) is 0 Å². The Morgan fingerprint density at radius 2 is 1.65 bits per heavy atom. The van der Waals surface area contributed by atoms with Crippen molar-refractivity contribution < 1.29 is 14.6 Å². The third-order valence-electron chi connectivity index (χ3n) is 2.44. The first kappa shape index (κ1) is 11.2. The molecule has 1 radical (unpaired) electrons. The second kappa shape index (κ2) is 4.70. The molecule has 0 aliphatic heterocycles. The summed E-state index contributed by atoms with van der Waals surface area (Å²) in [5, 5.41) is 10.5. The van der Waals surface area contributed by atoms with E-state index in [4.69, 9.17) is 0 Å². The van der Waals surface area contributed by atoms with Crippen LogP contribution in [0.2, 0.25) is 0 Å². The highest BCUT2D eigenvalue weighted by Crippen LogP contribution is 2.29. The summed E-state index contributed by atoms with van der Waals surface area (Å²) in [4.78, 5) is 10.5. The Morgan fingerprint density at radius 3 is 2.29 bits per heavy atom. The standard InChI is InChI=1S/C14H11O3/c1-10-6-8-11(9-7-10)12-4-2-3-5-13(12)17-14(15)16/h2-9H,1H3. The van der Waals surface area contributed by atoms with E-state index < -0.39 is 6.16 Å². The monoisotopic (exact) mass is 227 g/mol. The average Bonchev–Trinajstić information content (AvgIpc) is 2.30. The van der Waals surface area contributed by atoms with E-state index in [9.17, 15) is 9.90 Å². The maximum atomic E-state index is 10.5. The molecule has 0 aliphatic carbocycles. The van der Waals surface area contributed by atoms with Crippen molar-refractivity contribution in [3.63, 3.8) is 0 Å². The zero-order chi connectivity index (χ0) is 12.3. The highest BCUT2D eigenvalue weighted by atomic mass is 16.7. The number of hydrogen-bond donors (Lipinski definition) is 0. The lowest BCUT2D eigenvalue weighted by molar-refractivity contribution is 0.117. The van der Waals surface area contributed by atoms with Gasteiger partial charge in [-0.25, -0.2) is 0 Å². The van der Waals surface area contributed by atoms with Gasteiger partial charge < -0.3 is 4.74 Å². The van der Waals surface area contributed by atoms with Crippen LogP contribution in [0.4, 0.5) is 4.79 Å². The van der Waals surface area contributed by atoms with Gasteiger partial charge in [-0.1, -0.05) is 48.0 Å². The smallest absolute Gasteiger partial charge is 0.392 e. The van der Waals surface area contributed by atoms with Crippen molar-refractivity contribution in [2.45, 2.75) is 6.92 Å². The molecule has 0 aliphatic rings. The third-order valence-corrected chi connectivity index (χ3v) is 2.44. The van der Waals surface area contributed by atoms with Crippen LogP contribution in [-0.2, 0) is 5.11 Å². The van der Waals surface area contributed by atoms with Crippen LogP contribution in [-0.4, -0.2) is 6.16 Å². The summed E-state index contributed by atoms with van der Waals surface area (Å²) in [6, 6.07) is 14.7. The molecule has 2 rings (SSSR count). The van der Waals surface area contributed by atoms with Crippen LogP contribution < -0.4 is 4.74 Å². The number of rotatable bonds is 2. The molecular weight excluding hydrogens is 216 g/mol. The van der Waals surface area contributed by atoms with Gasteiger partial charge in [0.2, 0.25) is 0 Å². The van der Waals surface area contributed by atoms with Crippen LogP contribution in [0.25, 0.3) is 11.1 Å². The summed E-state index contributed by atoms with van der Waals surface area (Å²) in [7, 11) is 0. The van der Waals surface area contributed by atoms with Gasteiger partial charge >= 0.3 is 6.16 Å². The van der Waals surface area contributed by atoms with Crippen LogP contribution in [0, 0.1) is 6.92 Å². The molecule has 0 saturated heterocycles. The number of carbonyl (C=O) groups is 1. The first-order valence-electron chi connectivity index (χ1n) is 5.22. The molecular formula is C14H11O3. The molecule has 0 bridgehead atoms. The van der Waals surface area contributed by atoms with Gasteiger partial charge in [0.15, 0.2) is 0 Å². The predicted octanol–water partition coefficient (Wildman–Crippen LogP) is 3.59. The Kier molecular flexibility index (Phi) is 3.10. The molecule has 0 saturated carbocycles. The number of carbonyl (C=O) groups excluding carboxylic acids is 1.